The Balaban J connectivity index is 1.91. The van der Waals surface area contributed by atoms with Crippen molar-refractivity contribution >= 4 is 23.1 Å². The minimum atomic E-state index is -0.00641. The first kappa shape index (κ1) is 13.2. The summed E-state index contributed by atoms with van der Waals surface area (Å²) in [4.78, 5) is 12.5. The molecule has 1 aliphatic rings. The van der Waals surface area contributed by atoms with Crippen molar-refractivity contribution in [1.82, 2.24) is 0 Å². The van der Waals surface area contributed by atoms with E-state index in [1.807, 2.05) is 18.2 Å². The van der Waals surface area contributed by atoms with Crippen LogP contribution in [0.4, 0.5) is 5.69 Å². The topological polar surface area (TPSA) is 43.1 Å². The Morgan fingerprint density at radius 3 is 2.50 bits per heavy atom. The number of ketones is 1. The van der Waals surface area contributed by atoms with E-state index in [1.54, 1.807) is 18.2 Å². The maximum absolute atomic E-state index is 12.5. The van der Waals surface area contributed by atoms with E-state index in [2.05, 4.69) is 6.07 Å². The molecule has 0 bridgehead atoms. The first-order chi connectivity index (χ1) is 9.65. The second kappa shape index (κ2) is 5.29. The summed E-state index contributed by atoms with van der Waals surface area (Å²) >= 11 is 5.98. The molecule has 102 valence electrons. The van der Waals surface area contributed by atoms with Crippen molar-refractivity contribution in [3.63, 3.8) is 0 Å². The summed E-state index contributed by atoms with van der Waals surface area (Å²) in [5, 5.41) is 0.422. The van der Waals surface area contributed by atoms with Gasteiger partial charge in [0.05, 0.1) is 10.7 Å². The van der Waals surface area contributed by atoms with Crippen molar-refractivity contribution in [2.75, 3.05) is 5.73 Å². The van der Waals surface area contributed by atoms with E-state index in [0.29, 0.717) is 22.2 Å². The second-order valence-electron chi connectivity index (χ2n) is 5.32. The Bertz CT molecular complexity index is 662. The third-order valence-corrected chi connectivity index (χ3v) is 4.32. The minimum absolute atomic E-state index is 0.00641. The van der Waals surface area contributed by atoms with Gasteiger partial charge in [0.25, 0.3) is 0 Å². The Morgan fingerprint density at radius 1 is 1.10 bits per heavy atom. The van der Waals surface area contributed by atoms with E-state index in [9.17, 15) is 4.79 Å². The van der Waals surface area contributed by atoms with Crippen molar-refractivity contribution in [3.8, 4) is 0 Å². The molecule has 0 aromatic heterocycles. The van der Waals surface area contributed by atoms with Crippen LogP contribution in [-0.4, -0.2) is 5.78 Å². The van der Waals surface area contributed by atoms with E-state index in [1.165, 1.54) is 24.8 Å². The van der Waals surface area contributed by atoms with Gasteiger partial charge >= 0.3 is 0 Å². The molecule has 2 nitrogen and oxygen atoms in total. The van der Waals surface area contributed by atoms with Crippen LogP contribution in [0.1, 0.15) is 46.7 Å². The highest BCUT2D eigenvalue weighted by atomic mass is 35.5. The Kier molecular flexibility index (Phi) is 3.49. The zero-order valence-electron chi connectivity index (χ0n) is 11.1. The minimum Gasteiger partial charge on any atom is -0.398 e. The quantitative estimate of drug-likeness (QED) is 0.670. The molecule has 0 heterocycles. The van der Waals surface area contributed by atoms with Gasteiger partial charge in [-0.2, -0.15) is 0 Å². The van der Waals surface area contributed by atoms with Crippen LogP contribution in [0.3, 0.4) is 0 Å². The smallest absolute Gasteiger partial charge is 0.193 e. The number of anilines is 1. The van der Waals surface area contributed by atoms with Crippen molar-refractivity contribution in [2.45, 2.75) is 25.2 Å². The number of carbonyl (C=O) groups excluding carboxylic acids is 1. The van der Waals surface area contributed by atoms with Crippen LogP contribution in [0.5, 0.6) is 0 Å². The second-order valence-corrected chi connectivity index (χ2v) is 5.73. The summed E-state index contributed by atoms with van der Waals surface area (Å²) in [6, 6.07) is 13.0. The van der Waals surface area contributed by atoms with Crippen LogP contribution < -0.4 is 5.73 Å². The van der Waals surface area contributed by atoms with Crippen LogP contribution in [0, 0.1) is 0 Å². The fraction of sp³-hybridized carbons (Fsp3) is 0.235. The zero-order chi connectivity index (χ0) is 14.1. The number of benzene rings is 2. The van der Waals surface area contributed by atoms with E-state index in [4.69, 9.17) is 17.3 Å². The molecule has 0 unspecified atom stereocenters. The van der Waals surface area contributed by atoms with Gasteiger partial charge in [-0.3, -0.25) is 4.79 Å². The number of rotatable bonds is 3. The van der Waals surface area contributed by atoms with Crippen molar-refractivity contribution in [2.24, 2.45) is 0 Å². The molecule has 0 amide bonds. The largest absolute Gasteiger partial charge is 0.398 e. The number of halogens is 1. The van der Waals surface area contributed by atoms with Gasteiger partial charge in [-0.15, -0.1) is 0 Å². The van der Waals surface area contributed by atoms with Gasteiger partial charge in [-0.25, -0.2) is 0 Å². The number of nitrogens with two attached hydrogens (primary N) is 1. The Hall–Kier alpha value is -1.80. The van der Waals surface area contributed by atoms with Gasteiger partial charge in [0, 0.05) is 11.1 Å². The van der Waals surface area contributed by atoms with Crippen molar-refractivity contribution < 1.29 is 4.79 Å². The van der Waals surface area contributed by atoms with Crippen LogP contribution in [0.2, 0.25) is 5.02 Å². The van der Waals surface area contributed by atoms with Crippen LogP contribution in [-0.2, 0) is 0 Å². The summed E-state index contributed by atoms with van der Waals surface area (Å²) in [7, 11) is 0. The Morgan fingerprint density at radius 2 is 1.85 bits per heavy atom. The molecule has 1 aliphatic carbocycles. The molecule has 0 spiro atoms. The third kappa shape index (κ3) is 2.44. The first-order valence-electron chi connectivity index (χ1n) is 6.85. The van der Waals surface area contributed by atoms with Crippen LogP contribution in [0.15, 0.2) is 42.5 Å². The molecule has 2 aromatic carbocycles. The van der Waals surface area contributed by atoms with Gasteiger partial charge in [-0.1, -0.05) is 36.2 Å². The summed E-state index contributed by atoms with van der Waals surface area (Å²) in [6.07, 6.45) is 3.74. The van der Waals surface area contributed by atoms with Gasteiger partial charge in [-0.05, 0) is 48.6 Å². The number of nitrogen functional groups attached to an aromatic ring is 1. The molecule has 0 atom stereocenters. The predicted octanol–water partition coefficient (Wildman–Crippen LogP) is 4.42. The summed E-state index contributed by atoms with van der Waals surface area (Å²) in [6.45, 7) is 0. The van der Waals surface area contributed by atoms with Gasteiger partial charge < -0.3 is 5.73 Å². The molecule has 2 N–H and O–H groups in total. The van der Waals surface area contributed by atoms with E-state index < -0.39 is 0 Å². The molecule has 2 aromatic rings. The SMILES string of the molecule is Nc1ccc(C(=O)c2cccc(C3CCC3)c2)cc1Cl. The fourth-order valence-electron chi connectivity index (χ4n) is 2.51. The molecule has 1 fully saturated rings. The number of hydrogen-bond acceptors (Lipinski definition) is 2. The Labute approximate surface area is 123 Å². The highest BCUT2D eigenvalue weighted by Crippen LogP contribution is 2.36. The molecule has 1 saturated carbocycles. The molecule has 0 aliphatic heterocycles. The van der Waals surface area contributed by atoms with Crippen LogP contribution in [0.25, 0.3) is 0 Å². The van der Waals surface area contributed by atoms with Gasteiger partial charge in [0.1, 0.15) is 0 Å². The molecule has 3 rings (SSSR count). The lowest BCUT2D eigenvalue weighted by Crippen LogP contribution is -2.10. The first-order valence-corrected chi connectivity index (χ1v) is 7.22. The molecule has 20 heavy (non-hydrogen) atoms. The average Bonchev–Trinajstić information content (AvgIpc) is 2.39. The van der Waals surface area contributed by atoms with Crippen molar-refractivity contribution in [3.05, 3.63) is 64.2 Å². The molecule has 0 saturated heterocycles. The normalized spacial score (nSPS) is 14.8. The molecular weight excluding hydrogens is 270 g/mol. The zero-order valence-corrected chi connectivity index (χ0v) is 11.9. The highest BCUT2D eigenvalue weighted by molar-refractivity contribution is 6.33. The van der Waals surface area contributed by atoms with E-state index >= 15 is 0 Å². The van der Waals surface area contributed by atoms with Crippen LogP contribution >= 0.6 is 11.6 Å². The number of carbonyl (C=O) groups is 1. The monoisotopic (exact) mass is 285 g/mol. The summed E-state index contributed by atoms with van der Waals surface area (Å²) in [5.41, 5.74) is 8.73. The van der Waals surface area contributed by atoms with Gasteiger partial charge in [0.15, 0.2) is 5.78 Å². The third-order valence-electron chi connectivity index (χ3n) is 3.99. The summed E-state index contributed by atoms with van der Waals surface area (Å²) in [5.74, 6) is 0.617. The molecule has 0 radical (unpaired) electrons. The maximum atomic E-state index is 12.5. The van der Waals surface area contributed by atoms with E-state index in [-0.39, 0.29) is 5.78 Å². The highest BCUT2D eigenvalue weighted by Gasteiger charge is 2.20. The van der Waals surface area contributed by atoms with Gasteiger partial charge in [0.2, 0.25) is 0 Å². The van der Waals surface area contributed by atoms with E-state index in [0.717, 1.165) is 5.56 Å². The fourth-order valence-corrected chi connectivity index (χ4v) is 2.69. The lowest BCUT2D eigenvalue weighted by Gasteiger charge is -2.26. The number of hydrogen-bond donors (Lipinski definition) is 1. The predicted molar refractivity (Wildman–Crippen MR) is 82.3 cm³/mol. The average molecular weight is 286 g/mol. The maximum Gasteiger partial charge on any atom is 0.193 e. The van der Waals surface area contributed by atoms with Crippen molar-refractivity contribution in [1.29, 1.82) is 0 Å². The molecule has 3 heteroatoms. The standard InChI is InChI=1S/C17H16ClNO/c18-15-10-14(7-8-16(15)19)17(20)13-6-2-5-12(9-13)11-3-1-4-11/h2,5-11H,1,3-4,19H2. The lowest BCUT2D eigenvalue weighted by atomic mass is 9.79. The lowest BCUT2D eigenvalue weighted by molar-refractivity contribution is 0.103. The summed E-state index contributed by atoms with van der Waals surface area (Å²) < 4.78 is 0. The molecular formula is C17H16ClNO.